The van der Waals surface area contributed by atoms with E-state index in [9.17, 15) is 31.6 Å². The molecule has 0 amide bonds. The fourth-order valence-corrected chi connectivity index (χ4v) is 4.74. The van der Waals surface area contributed by atoms with Crippen molar-refractivity contribution in [2.75, 3.05) is 16.9 Å². The van der Waals surface area contributed by atoms with Gasteiger partial charge in [-0.05, 0) is 60.7 Å². The van der Waals surface area contributed by atoms with E-state index in [-0.39, 0.29) is 44.9 Å². The van der Waals surface area contributed by atoms with E-state index in [0.29, 0.717) is 16.5 Å². The van der Waals surface area contributed by atoms with Gasteiger partial charge in [0.15, 0.2) is 15.6 Å². The molecule has 0 atom stereocenters. The number of hydrogen-bond acceptors (Lipinski definition) is 11. The van der Waals surface area contributed by atoms with Gasteiger partial charge in [0, 0.05) is 10.8 Å². The van der Waals surface area contributed by atoms with Crippen LogP contribution < -0.4 is 5.32 Å². The first-order chi connectivity index (χ1) is 18.5. The third-order valence-electron chi connectivity index (χ3n) is 5.56. The van der Waals surface area contributed by atoms with Crippen LogP contribution >= 0.6 is 0 Å². The number of rotatable bonds is 9. The van der Waals surface area contributed by atoms with Crippen molar-refractivity contribution >= 4 is 59.2 Å². The second-order valence-corrected chi connectivity index (χ2v) is 11.9. The van der Waals surface area contributed by atoms with Gasteiger partial charge in [-0.2, -0.15) is 13.5 Å². The molecule has 4 aromatic rings. The predicted molar refractivity (Wildman–Crippen MR) is 146 cm³/mol. The van der Waals surface area contributed by atoms with Crippen LogP contribution in [0.15, 0.2) is 98.1 Å². The molecule has 202 valence electrons. The highest BCUT2D eigenvalue weighted by Gasteiger charge is 2.15. The minimum atomic E-state index is -4.37. The molecule has 4 rings (SSSR count). The van der Waals surface area contributed by atoms with Gasteiger partial charge in [-0.25, -0.2) is 8.42 Å². The number of anilines is 1. The molecule has 0 aromatic heterocycles. The van der Waals surface area contributed by atoms with Gasteiger partial charge in [-0.15, -0.1) is 15.3 Å². The summed E-state index contributed by atoms with van der Waals surface area (Å²) in [4.78, 5) is 0.139. The molecule has 0 aliphatic rings. The highest BCUT2D eigenvalue weighted by atomic mass is 32.2. The van der Waals surface area contributed by atoms with E-state index in [0.717, 1.165) is 0 Å². The number of phenolic OH excluding ortho intramolecular Hbond substituents is 2. The standard InChI is InChI=1S/C25H23N5O7S2/c1-2-38(33,34)17-9-7-16(8-10-17)27-30-24-18-11-14-22(29-28-20-5-3-4-6-23(20)31)25(32)19(18)12-13-21(24)26-15-39(35,36)37/h3-14,26,31-32H,2,15H2,1H3,(H,35,36,37)/b29-28+,30-27+. The summed E-state index contributed by atoms with van der Waals surface area (Å²) in [5.74, 6) is -1.19. The lowest BCUT2D eigenvalue weighted by atomic mass is 10.1. The zero-order valence-electron chi connectivity index (χ0n) is 20.4. The fraction of sp³-hybridized carbons (Fsp3) is 0.120. The van der Waals surface area contributed by atoms with Crippen LogP contribution in [0.4, 0.5) is 28.4 Å². The van der Waals surface area contributed by atoms with Crippen LogP contribution in [0.25, 0.3) is 10.8 Å². The highest BCUT2D eigenvalue weighted by Crippen LogP contribution is 2.43. The summed E-state index contributed by atoms with van der Waals surface area (Å²) < 4.78 is 55.9. The molecule has 0 bridgehead atoms. The summed E-state index contributed by atoms with van der Waals surface area (Å²) in [5, 5.41) is 40.4. The number of hydrogen-bond donors (Lipinski definition) is 4. The van der Waals surface area contributed by atoms with Crippen molar-refractivity contribution in [3.63, 3.8) is 0 Å². The number of sulfone groups is 1. The SMILES string of the molecule is CCS(=O)(=O)c1ccc(/N=N/c2c(NCS(=O)(=O)O)ccc3c(O)c(/N=N/c4ccccc4O)ccc23)cc1. The summed E-state index contributed by atoms with van der Waals surface area (Å²) in [7, 11) is -7.76. The number of fused-ring (bicyclic) bond motifs is 1. The van der Waals surface area contributed by atoms with Gasteiger partial charge < -0.3 is 15.5 Å². The Kier molecular flexibility index (Phi) is 7.90. The second-order valence-electron chi connectivity index (χ2n) is 8.18. The molecule has 0 saturated heterocycles. The summed E-state index contributed by atoms with van der Waals surface area (Å²) in [5.41, 5.74) is 0.951. The topological polar surface area (TPSA) is 190 Å². The normalized spacial score (nSPS) is 12.5. The molecule has 0 radical (unpaired) electrons. The first-order valence-corrected chi connectivity index (χ1v) is 14.7. The van der Waals surface area contributed by atoms with Crippen LogP contribution in [0.1, 0.15) is 6.92 Å². The first-order valence-electron chi connectivity index (χ1n) is 11.4. The fourth-order valence-electron chi connectivity index (χ4n) is 3.51. The third kappa shape index (κ3) is 6.54. The van der Waals surface area contributed by atoms with Crippen molar-refractivity contribution in [3.8, 4) is 11.5 Å². The Morgan fingerprint density at radius 2 is 1.41 bits per heavy atom. The lowest BCUT2D eigenvalue weighted by Gasteiger charge is -2.12. The molecule has 0 aliphatic heterocycles. The van der Waals surface area contributed by atoms with Crippen LogP contribution in [-0.4, -0.2) is 43.2 Å². The Labute approximate surface area is 224 Å². The molecular formula is C25H23N5O7S2. The van der Waals surface area contributed by atoms with Crippen molar-refractivity contribution < 1.29 is 31.6 Å². The Morgan fingerprint density at radius 3 is 2.08 bits per heavy atom. The third-order valence-corrected chi connectivity index (χ3v) is 7.82. The molecule has 39 heavy (non-hydrogen) atoms. The van der Waals surface area contributed by atoms with Gasteiger partial charge in [-0.1, -0.05) is 19.1 Å². The molecule has 14 heteroatoms. The Hall–Kier alpha value is -4.40. The van der Waals surface area contributed by atoms with Crippen LogP contribution in [-0.2, 0) is 20.0 Å². The van der Waals surface area contributed by atoms with Gasteiger partial charge in [0.05, 0.1) is 22.0 Å². The molecule has 0 spiro atoms. The summed E-state index contributed by atoms with van der Waals surface area (Å²) in [6.45, 7) is 1.54. The number of nitrogens with zero attached hydrogens (tertiary/aromatic N) is 4. The highest BCUT2D eigenvalue weighted by molar-refractivity contribution is 7.91. The van der Waals surface area contributed by atoms with Gasteiger partial charge in [0.25, 0.3) is 10.1 Å². The molecule has 0 heterocycles. The van der Waals surface area contributed by atoms with E-state index < -0.39 is 25.8 Å². The maximum Gasteiger partial charge on any atom is 0.283 e. The van der Waals surface area contributed by atoms with Gasteiger partial charge in [0.1, 0.15) is 28.7 Å². The average Bonchev–Trinajstić information content (AvgIpc) is 2.91. The van der Waals surface area contributed by atoms with Crippen molar-refractivity contribution in [3.05, 3.63) is 72.8 Å². The smallest absolute Gasteiger partial charge is 0.283 e. The lowest BCUT2D eigenvalue weighted by molar-refractivity contribution is 0.475. The number of nitrogens with one attached hydrogen (secondary N) is 1. The summed E-state index contributed by atoms with van der Waals surface area (Å²) in [6.07, 6.45) is 0. The molecule has 0 aliphatic carbocycles. The molecule has 0 unspecified atom stereocenters. The number of benzene rings is 4. The molecule has 0 fully saturated rings. The Bertz CT molecular complexity index is 1810. The second kappa shape index (κ2) is 11.1. The monoisotopic (exact) mass is 569 g/mol. The quantitative estimate of drug-likeness (QED) is 0.137. The van der Waals surface area contributed by atoms with Gasteiger partial charge in [-0.3, -0.25) is 4.55 Å². The zero-order valence-corrected chi connectivity index (χ0v) is 22.1. The van der Waals surface area contributed by atoms with E-state index in [1.54, 1.807) is 31.2 Å². The number of para-hydroxylation sites is 1. The van der Waals surface area contributed by atoms with E-state index in [1.807, 2.05) is 0 Å². The van der Waals surface area contributed by atoms with Crippen molar-refractivity contribution in [2.45, 2.75) is 11.8 Å². The van der Waals surface area contributed by atoms with Crippen LogP contribution in [0, 0.1) is 0 Å². The van der Waals surface area contributed by atoms with E-state index in [1.165, 1.54) is 48.5 Å². The largest absolute Gasteiger partial charge is 0.506 e. The predicted octanol–water partition coefficient (Wildman–Crippen LogP) is 6.13. The maximum absolute atomic E-state index is 12.1. The maximum atomic E-state index is 12.1. The Morgan fingerprint density at radius 1 is 0.744 bits per heavy atom. The molecule has 4 aromatic carbocycles. The van der Waals surface area contributed by atoms with Gasteiger partial charge in [0.2, 0.25) is 0 Å². The molecule has 12 nitrogen and oxygen atoms in total. The first kappa shape index (κ1) is 27.6. The van der Waals surface area contributed by atoms with Crippen LogP contribution in [0.2, 0.25) is 0 Å². The zero-order chi connectivity index (χ0) is 28.2. The number of azo groups is 2. The van der Waals surface area contributed by atoms with E-state index >= 15 is 0 Å². The lowest BCUT2D eigenvalue weighted by Crippen LogP contribution is -2.13. The number of phenols is 2. The van der Waals surface area contributed by atoms with Gasteiger partial charge >= 0.3 is 0 Å². The van der Waals surface area contributed by atoms with E-state index in [2.05, 4.69) is 25.8 Å². The molecular weight excluding hydrogens is 546 g/mol. The van der Waals surface area contributed by atoms with Crippen molar-refractivity contribution in [1.82, 2.24) is 0 Å². The minimum Gasteiger partial charge on any atom is -0.506 e. The number of aromatic hydroxyl groups is 2. The van der Waals surface area contributed by atoms with E-state index in [4.69, 9.17) is 0 Å². The molecule has 0 saturated carbocycles. The van der Waals surface area contributed by atoms with Crippen LogP contribution in [0.3, 0.4) is 0 Å². The van der Waals surface area contributed by atoms with Crippen molar-refractivity contribution in [1.29, 1.82) is 0 Å². The minimum absolute atomic E-state index is 0.0514. The molecule has 4 N–H and O–H groups in total. The average molecular weight is 570 g/mol. The van der Waals surface area contributed by atoms with Crippen LogP contribution in [0.5, 0.6) is 11.5 Å². The van der Waals surface area contributed by atoms with Crippen molar-refractivity contribution in [2.24, 2.45) is 20.5 Å². The summed E-state index contributed by atoms with van der Waals surface area (Å²) in [6, 6.07) is 18.0. The summed E-state index contributed by atoms with van der Waals surface area (Å²) >= 11 is 0. The Balaban J connectivity index is 1.76.